The fourth-order valence-electron chi connectivity index (χ4n) is 2.06. The molecule has 1 N–H and O–H groups in total. The number of nitrogens with one attached hydrogen (secondary N) is 1. The molecule has 1 nitrogen and oxygen atoms in total. The Morgan fingerprint density at radius 1 is 1.40 bits per heavy atom. The Morgan fingerprint density at radius 3 is 2.70 bits per heavy atom. The average molecular weight is 442 g/mol. The van der Waals surface area contributed by atoms with Gasteiger partial charge in [-0.1, -0.05) is 24.6 Å². The van der Waals surface area contributed by atoms with Crippen LogP contribution < -0.4 is 5.32 Å². The van der Waals surface area contributed by atoms with Gasteiger partial charge in [0.25, 0.3) is 0 Å². The van der Waals surface area contributed by atoms with Crippen LogP contribution in [-0.2, 0) is 6.42 Å². The molecule has 1 aromatic heterocycles. The van der Waals surface area contributed by atoms with Gasteiger partial charge in [0.1, 0.15) is 5.82 Å². The lowest BCUT2D eigenvalue weighted by molar-refractivity contribution is 0.528. The molecule has 1 unspecified atom stereocenters. The number of likely N-dealkylation sites (N-methyl/N-ethyl adjacent to an activating group) is 1. The molecule has 2 aromatic rings. The molecule has 0 bridgehead atoms. The van der Waals surface area contributed by atoms with Crippen molar-refractivity contribution in [2.75, 3.05) is 6.54 Å². The van der Waals surface area contributed by atoms with Gasteiger partial charge in [0.2, 0.25) is 0 Å². The van der Waals surface area contributed by atoms with Crippen molar-refractivity contribution in [3.05, 3.63) is 53.8 Å². The van der Waals surface area contributed by atoms with Crippen LogP contribution in [0.1, 0.15) is 24.1 Å². The standard InChI is InChI=1S/C14H13Br2ClFNS/c1-2-19-12(9-7-13(15)20-14(9)16)6-8-10(17)4-3-5-11(8)18/h3-5,7,12,19H,2,6H2,1H3. The second-order valence-electron chi connectivity index (χ2n) is 4.29. The SMILES string of the molecule is CCNC(Cc1c(F)cccc1Cl)c1cc(Br)sc1Br. The molecule has 0 radical (unpaired) electrons. The van der Waals surface area contributed by atoms with Crippen molar-refractivity contribution in [2.24, 2.45) is 0 Å². The van der Waals surface area contributed by atoms with Crippen molar-refractivity contribution >= 4 is 54.8 Å². The number of halogens is 4. The summed E-state index contributed by atoms with van der Waals surface area (Å²) < 4.78 is 16.0. The first-order valence-electron chi connectivity index (χ1n) is 6.14. The van der Waals surface area contributed by atoms with Crippen molar-refractivity contribution < 1.29 is 4.39 Å². The summed E-state index contributed by atoms with van der Waals surface area (Å²) >= 11 is 14.8. The van der Waals surface area contributed by atoms with Crippen molar-refractivity contribution in [3.8, 4) is 0 Å². The highest BCUT2D eigenvalue weighted by Gasteiger charge is 2.20. The molecule has 0 aliphatic heterocycles. The molecular weight excluding hydrogens is 428 g/mol. The number of rotatable bonds is 5. The van der Waals surface area contributed by atoms with Crippen LogP contribution >= 0.6 is 54.8 Å². The van der Waals surface area contributed by atoms with E-state index in [9.17, 15) is 4.39 Å². The molecule has 0 saturated carbocycles. The number of benzene rings is 1. The first-order valence-corrected chi connectivity index (χ1v) is 8.92. The molecule has 108 valence electrons. The summed E-state index contributed by atoms with van der Waals surface area (Å²) in [6, 6.07) is 6.87. The Kier molecular flexibility index (Phi) is 6.05. The van der Waals surface area contributed by atoms with Gasteiger partial charge in [0.05, 0.1) is 7.57 Å². The third kappa shape index (κ3) is 3.83. The van der Waals surface area contributed by atoms with Gasteiger partial charge in [-0.3, -0.25) is 0 Å². The summed E-state index contributed by atoms with van der Waals surface area (Å²) in [6.45, 7) is 2.84. The maximum atomic E-state index is 13.9. The smallest absolute Gasteiger partial charge is 0.127 e. The average Bonchev–Trinajstić information content (AvgIpc) is 2.72. The zero-order valence-corrected chi connectivity index (χ0v) is 15.5. The van der Waals surface area contributed by atoms with Crippen LogP contribution in [0.4, 0.5) is 4.39 Å². The summed E-state index contributed by atoms with van der Waals surface area (Å²) in [5.41, 5.74) is 1.66. The van der Waals surface area contributed by atoms with E-state index in [0.717, 1.165) is 19.7 Å². The number of hydrogen-bond acceptors (Lipinski definition) is 2. The summed E-state index contributed by atoms with van der Waals surface area (Å²) in [6.07, 6.45) is 0.515. The van der Waals surface area contributed by atoms with E-state index < -0.39 is 0 Å². The number of hydrogen-bond donors (Lipinski definition) is 1. The van der Waals surface area contributed by atoms with Gasteiger partial charge in [-0.25, -0.2) is 4.39 Å². The van der Waals surface area contributed by atoms with E-state index in [4.69, 9.17) is 11.6 Å². The zero-order valence-electron chi connectivity index (χ0n) is 10.7. The quantitative estimate of drug-likeness (QED) is 0.604. The van der Waals surface area contributed by atoms with E-state index >= 15 is 0 Å². The monoisotopic (exact) mass is 439 g/mol. The first kappa shape index (κ1) is 16.4. The van der Waals surface area contributed by atoms with Crippen molar-refractivity contribution in [1.29, 1.82) is 0 Å². The Bertz CT molecular complexity index is 583. The largest absolute Gasteiger partial charge is 0.310 e. The van der Waals surface area contributed by atoms with Crippen LogP contribution in [-0.4, -0.2) is 6.54 Å². The molecule has 0 aliphatic rings. The van der Waals surface area contributed by atoms with Gasteiger partial charge < -0.3 is 5.32 Å². The topological polar surface area (TPSA) is 12.0 Å². The van der Waals surface area contributed by atoms with Gasteiger partial charge >= 0.3 is 0 Å². The van der Waals surface area contributed by atoms with Gasteiger partial charge in [0.15, 0.2) is 0 Å². The lowest BCUT2D eigenvalue weighted by Crippen LogP contribution is -2.23. The highest BCUT2D eigenvalue weighted by atomic mass is 79.9. The highest BCUT2D eigenvalue weighted by molar-refractivity contribution is 9.12. The minimum absolute atomic E-state index is 0.0197. The summed E-state index contributed by atoms with van der Waals surface area (Å²) in [7, 11) is 0. The Balaban J connectivity index is 2.33. The minimum Gasteiger partial charge on any atom is -0.310 e. The molecule has 0 amide bonds. The van der Waals surface area contributed by atoms with Crippen LogP contribution in [0.15, 0.2) is 31.8 Å². The number of thiophene rings is 1. The van der Waals surface area contributed by atoms with Crippen LogP contribution in [0.2, 0.25) is 5.02 Å². The summed E-state index contributed by atoms with van der Waals surface area (Å²) in [5, 5.41) is 3.86. The predicted molar refractivity (Wildman–Crippen MR) is 91.3 cm³/mol. The maximum absolute atomic E-state index is 13.9. The third-order valence-corrected chi connectivity index (χ3v) is 5.72. The Hall–Kier alpha value is 0.0600. The first-order chi connectivity index (χ1) is 9.52. The molecular formula is C14H13Br2ClFNS. The fourth-order valence-corrected chi connectivity index (χ4v) is 5.27. The molecule has 0 spiro atoms. The summed E-state index contributed by atoms with van der Waals surface area (Å²) in [4.78, 5) is 0. The lowest BCUT2D eigenvalue weighted by Gasteiger charge is -2.19. The van der Waals surface area contributed by atoms with Crippen molar-refractivity contribution in [3.63, 3.8) is 0 Å². The normalized spacial score (nSPS) is 12.7. The molecule has 0 fully saturated rings. The van der Waals surface area contributed by atoms with Gasteiger partial charge in [0, 0.05) is 16.6 Å². The molecule has 6 heteroatoms. The van der Waals surface area contributed by atoms with E-state index in [-0.39, 0.29) is 11.9 Å². The van der Waals surface area contributed by atoms with Crippen LogP contribution in [0.5, 0.6) is 0 Å². The van der Waals surface area contributed by atoms with Gasteiger partial charge in [-0.2, -0.15) is 0 Å². The van der Waals surface area contributed by atoms with Crippen molar-refractivity contribution in [1.82, 2.24) is 5.32 Å². The van der Waals surface area contributed by atoms with Crippen LogP contribution in [0, 0.1) is 5.82 Å². The van der Waals surface area contributed by atoms with E-state index in [1.807, 2.05) is 6.92 Å². The van der Waals surface area contributed by atoms with Gasteiger partial charge in [-0.15, -0.1) is 11.3 Å². The van der Waals surface area contributed by atoms with Crippen LogP contribution in [0.25, 0.3) is 0 Å². The van der Waals surface area contributed by atoms with E-state index in [2.05, 4.69) is 43.2 Å². The minimum atomic E-state index is -0.258. The van der Waals surface area contributed by atoms with Crippen LogP contribution in [0.3, 0.4) is 0 Å². The molecule has 0 aliphatic carbocycles. The molecule has 0 saturated heterocycles. The predicted octanol–water partition coefficient (Wildman–Crippen LogP) is 5.96. The third-order valence-electron chi connectivity index (χ3n) is 2.98. The second kappa shape index (κ2) is 7.36. The van der Waals surface area contributed by atoms with E-state index in [1.54, 1.807) is 23.5 Å². The van der Waals surface area contributed by atoms with E-state index in [0.29, 0.717) is 17.0 Å². The lowest BCUT2D eigenvalue weighted by atomic mass is 10.0. The summed E-state index contributed by atoms with van der Waals surface area (Å²) in [5.74, 6) is -0.258. The molecule has 1 aromatic carbocycles. The molecule has 1 atom stereocenters. The van der Waals surface area contributed by atoms with E-state index in [1.165, 1.54) is 6.07 Å². The molecule has 20 heavy (non-hydrogen) atoms. The highest BCUT2D eigenvalue weighted by Crippen LogP contribution is 2.37. The Labute approximate surface area is 143 Å². The fraction of sp³-hybridized carbons (Fsp3) is 0.286. The molecule has 1 heterocycles. The van der Waals surface area contributed by atoms with Crippen molar-refractivity contribution in [2.45, 2.75) is 19.4 Å². The second-order valence-corrected chi connectivity index (χ2v) is 8.45. The van der Waals surface area contributed by atoms with Gasteiger partial charge in [-0.05, 0) is 68.6 Å². The maximum Gasteiger partial charge on any atom is 0.127 e. The zero-order chi connectivity index (χ0) is 14.7. The Morgan fingerprint density at radius 2 is 2.15 bits per heavy atom. The molecule has 2 rings (SSSR count).